The number of ether oxygens (including phenoxy) is 1. The summed E-state index contributed by atoms with van der Waals surface area (Å²) in [7, 11) is 0. The number of allylic oxidation sites excluding steroid dienone is 1. The second-order valence-electron chi connectivity index (χ2n) is 5.70. The molecule has 2 aromatic heterocycles. The summed E-state index contributed by atoms with van der Waals surface area (Å²) in [6.07, 6.45) is 4.17. The molecule has 7 heteroatoms. The molecule has 1 fully saturated rings. The van der Waals surface area contributed by atoms with Crippen molar-refractivity contribution in [3.8, 4) is 0 Å². The van der Waals surface area contributed by atoms with Crippen LogP contribution in [-0.4, -0.2) is 38.6 Å². The van der Waals surface area contributed by atoms with Crippen LogP contribution in [0.15, 0.2) is 34.1 Å². The fraction of sp³-hybridized carbons (Fsp3) is 0.500. The Morgan fingerprint density at radius 2 is 2.35 bits per heavy atom. The standard InChI is InChI=1S/C16H20N2O5/c1-2-3-4-5-11-6-10-8-18(16(21)17-15(10)22-11)14-7-12(20)13(9-19)23-14/h2,6,8,12-14,19-20H,1,3-5,7,9H2/t12-,13+,14+/m0/s1. The smallest absolute Gasteiger partial charge is 0.353 e. The van der Waals surface area contributed by atoms with Crippen molar-refractivity contribution in [1.82, 2.24) is 9.55 Å². The second kappa shape index (κ2) is 6.66. The van der Waals surface area contributed by atoms with Crippen molar-refractivity contribution >= 4 is 11.1 Å². The molecular weight excluding hydrogens is 300 g/mol. The lowest BCUT2D eigenvalue weighted by Crippen LogP contribution is -2.27. The van der Waals surface area contributed by atoms with E-state index >= 15 is 0 Å². The van der Waals surface area contributed by atoms with Gasteiger partial charge in [-0.1, -0.05) is 6.08 Å². The van der Waals surface area contributed by atoms with Gasteiger partial charge in [0.15, 0.2) is 0 Å². The van der Waals surface area contributed by atoms with E-state index in [1.165, 1.54) is 4.57 Å². The van der Waals surface area contributed by atoms with Crippen molar-refractivity contribution in [3.63, 3.8) is 0 Å². The van der Waals surface area contributed by atoms with Gasteiger partial charge in [0.2, 0.25) is 5.71 Å². The number of aliphatic hydroxyl groups excluding tert-OH is 2. The van der Waals surface area contributed by atoms with Crippen LogP contribution in [0.25, 0.3) is 11.1 Å². The average Bonchev–Trinajstić information content (AvgIpc) is 3.09. The van der Waals surface area contributed by atoms with Gasteiger partial charge in [0.1, 0.15) is 18.1 Å². The Morgan fingerprint density at radius 3 is 3.04 bits per heavy atom. The third-order valence-electron chi connectivity index (χ3n) is 4.01. The van der Waals surface area contributed by atoms with E-state index in [2.05, 4.69) is 11.6 Å². The van der Waals surface area contributed by atoms with E-state index in [9.17, 15) is 9.90 Å². The Kier molecular flexibility index (Phi) is 4.61. The number of aromatic nitrogens is 2. The van der Waals surface area contributed by atoms with Crippen molar-refractivity contribution in [3.05, 3.63) is 41.2 Å². The van der Waals surface area contributed by atoms with Gasteiger partial charge in [0, 0.05) is 19.0 Å². The summed E-state index contributed by atoms with van der Waals surface area (Å²) in [4.78, 5) is 16.1. The van der Waals surface area contributed by atoms with E-state index in [-0.39, 0.29) is 13.0 Å². The van der Waals surface area contributed by atoms with Crippen molar-refractivity contribution in [1.29, 1.82) is 0 Å². The quantitative estimate of drug-likeness (QED) is 0.612. The molecule has 0 amide bonds. The van der Waals surface area contributed by atoms with Gasteiger partial charge in [0.25, 0.3) is 0 Å². The molecule has 3 heterocycles. The number of furan rings is 1. The van der Waals surface area contributed by atoms with Gasteiger partial charge in [-0.25, -0.2) is 4.79 Å². The van der Waals surface area contributed by atoms with Gasteiger partial charge in [-0.3, -0.25) is 4.57 Å². The summed E-state index contributed by atoms with van der Waals surface area (Å²) in [5, 5.41) is 19.7. The minimum Gasteiger partial charge on any atom is -0.443 e. The number of hydrogen-bond acceptors (Lipinski definition) is 6. The van der Waals surface area contributed by atoms with Gasteiger partial charge < -0.3 is 19.4 Å². The molecule has 1 aliphatic rings. The summed E-state index contributed by atoms with van der Waals surface area (Å²) in [5.74, 6) is 0.770. The van der Waals surface area contributed by atoms with Crippen molar-refractivity contribution in [2.45, 2.75) is 44.1 Å². The molecule has 124 valence electrons. The molecule has 0 radical (unpaired) electrons. The molecule has 1 saturated heterocycles. The lowest BCUT2D eigenvalue weighted by atomic mass is 10.2. The first-order chi connectivity index (χ1) is 11.1. The zero-order valence-corrected chi connectivity index (χ0v) is 12.7. The highest BCUT2D eigenvalue weighted by Crippen LogP contribution is 2.28. The first kappa shape index (κ1) is 15.9. The summed E-state index contributed by atoms with van der Waals surface area (Å²) in [5.41, 5.74) is -0.197. The number of hydrogen-bond donors (Lipinski definition) is 2. The molecular formula is C16H20N2O5. The van der Waals surface area contributed by atoms with Crippen LogP contribution in [0, 0.1) is 0 Å². The second-order valence-corrected chi connectivity index (χ2v) is 5.70. The predicted octanol–water partition coefficient (Wildman–Crippen LogP) is 1.14. The lowest BCUT2D eigenvalue weighted by molar-refractivity contribution is -0.0457. The molecule has 2 N–H and O–H groups in total. The minimum atomic E-state index is -0.800. The first-order valence-electron chi connectivity index (χ1n) is 7.69. The maximum absolute atomic E-state index is 12.1. The minimum absolute atomic E-state index is 0.238. The molecule has 0 aromatic carbocycles. The molecule has 23 heavy (non-hydrogen) atoms. The Balaban J connectivity index is 1.86. The highest BCUT2D eigenvalue weighted by molar-refractivity contribution is 5.72. The van der Waals surface area contributed by atoms with E-state index < -0.39 is 24.1 Å². The monoisotopic (exact) mass is 320 g/mol. The fourth-order valence-corrected chi connectivity index (χ4v) is 2.78. The highest BCUT2D eigenvalue weighted by Gasteiger charge is 2.35. The van der Waals surface area contributed by atoms with Crippen LogP contribution in [-0.2, 0) is 11.2 Å². The Bertz CT molecular complexity index is 750. The normalized spacial score (nSPS) is 24.3. The van der Waals surface area contributed by atoms with Gasteiger partial charge >= 0.3 is 5.69 Å². The first-order valence-corrected chi connectivity index (χ1v) is 7.69. The molecule has 0 spiro atoms. The number of aliphatic hydroxyl groups is 2. The molecule has 2 aromatic rings. The van der Waals surface area contributed by atoms with E-state index in [0.717, 1.165) is 25.0 Å². The van der Waals surface area contributed by atoms with Crippen molar-refractivity contribution in [2.75, 3.05) is 6.61 Å². The SMILES string of the molecule is C=CCCCc1cc2cn([C@H]3C[C@H](O)[C@@H](CO)O3)c(=O)nc2o1. The Morgan fingerprint density at radius 1 is 1.52 bits per heavy atom. The number of unbranched alkanes of at least 4 members (excludes halogenated alkanes) is 1. The van der Waals surface area contributed by atoms with E-state index in [1.807, 2.05) is 12.1 Å². The largest absolute Gasteiger partial charge is 0.443 e. The number of fused-ring (bicyclic) bond motifs is 1. The Labute approximate surface area is 132 Å². The van der Waals surface area contributed by atoms with E-state index in [0.29, 0.717) is 11.1 Å². The summed E-state index contributed by atoms with van der Waals surface area (Å²) >= 11 is 0. The number of rotatable bonds is 6. The van der Waals surface area contributed by atoms with Crippen LogP contribution in [0.2, 0.25) is 0 Å². The predicted molar refractivity (Wildman–Crippen MR) is 83.0 cm³/mol. The topological polar surface area (TPSA) is 97.7 Å². The molecule has 3 atom stereocenters. The van der Waals surface area contributed by atoms with E-state index in [1.54, 1.807) is 6.20 Å². The summed E-state index contributed by atoms with van der Waals surface area (Å²) in [6, 6.07) is 1.86. The maximum atomic E-state index is 12.1. The third kappa shape index (κ3) is 3.21. The van der Waals surface area contributed by atoms with Gasteiger partial charge in [0.05, 0.1) is 18.1 Å². The molecule has 1 aliphatic heterocycles. The average molecular weight is 320 g/mol. The number of nitrogens with zero attached hydrogens (tertiary/aromatic N) is 2. The third-order valence-corrected chi connectivity index (χ3v) is 4.01. The van der Waals surface area contributed by atoms with E-state index in [4.69, 9.17) is 14.3 Å². The molecule has 0 saturated carbocycles. The van der Waals surface area contributed by atoms with Gasteiger partial charge in [-0.05, 0) is 18.9 Å². The molecule has 0 unspecified atom stereocenters. The van der Waals surface area contributed by atoms with Crippen LogP contribution in [0.1, 0.15) is 31.3 Å². The van der Waals surface area contributed by atoms with Crippen molar-refractivity contribution in [2.24, 2.45) is 0 Å². The zero-order chi connectivity index (χ0) is 16.4. The van der Waals surface area contributed by atoms with Crippen LogP contribution in [0.4, 0.5) is 0 Å². The lowest BCUT2D eigenvalue weighted by Gasteiger charge is -2.13. The number of aryl methyl sites for hydroxylation is 1. The molecule has 7 nitrogen and oxygen atoms in total. The molecule has 0 aliphatic carbocycles. The Hall–Kier alpha value is -1.96. The van der Waals surface area contributed by atoms with Crippen LogP contribution in [0.3, 0.4) is 0 Å². The fourth-order valence-electron chi connectivity index (χ4n) is 2.78. The highest BCUT2D eigenvalue weighted by atomic mass is 16.5. The van der Waals surface area contributed by atoms with Crippen LogP contribution < -0.4 is 5.69 Å². The summed E-state index contributed by atoms with van der Waals surface area (Å²) < 4.78 is 12.4. The van der Waals surface area contributed by atoms with Crippen molar-refractivity contribution < 1.29 is 19.4 Å². The van der Waals surface area contributed by atoms with Crippen LogP contribution in [0.5, 0.6) is 0 Å². The van der Waals surface area contributed by atoms with Crippen LogP contribution >= 0.6 is 0 Å². The zero-order valence-electron chi connectivity index (χ0n) is 12.7. The summed E-state index contributed by atoms with van der Waals surface area (Å²) in [6.45, 7) is 3.39. The molecule has 3 rings (SSSR count). The van der Waals surface area contributed by atoms with Gasteiger partial charge in [-0.2, -0.15) is 4.98 Å². The molecule has 0 bridgehead atoms. The maximum Gasteiger partial charge on any atom is 0.353 e. The van der Waals surface area contributed by atoms with Gasteiger partial charge in [-0.15, -0.1) is 6.58 Å².